The minimum Gasteiger partial charge on any atom is -0.507 e. The van der Waals surface area contributed by atoms with Crippen LogP contribution < -0.4 is 0 Å². The van der Waals surface area contributed by atoms with Crippen LogP contribution in [0.5, 0.6) is 5.75 Å². The maximum absolute atomic E-state index is 13.1. The highest BCUT2D eigenvalue weighted by Crippen LogP contribution is 2.33. The molecule has 36 heavy (non-hydrogen) atoms. The number of ether oxygens (including phenoxy) is 1. The van der Waals surface area contributed by atoms with E-state index < -0.39 is 28.5 Å². The van der Waals surface area contributed by atoms with Gasteiger partial charge in [0.15, 0.2) is 6.61 Å². The summed E-state index contributed by atoms with van der Waals surface area (Å²) in [5.74, 6) is -1.14. The summed E-state index contributed by atoms with van der Waals surface area (Å²) in [6.07, 6.45) is 0. The molecule has 0 aromatic heterocycles. The van der Waals surface area contributed by atoms with Crippen LogP contribution in [0.25, 0.3) is 0 Å². The molecule has 196 valence electrons. The molecule has 1 fully saturated rings. The van der Waals surface area contributed by atoms with Crippen LogP contribution >= 0.6 is 0 Å². The van der Waals surface area contributed by atoms with Gasteiger partial charge in [0, 0.05) is 26.2 Å². The minimum atomic E-state index is -3.67. The average Bonchev–Trinajstić information content (AvgIpc) is 2.81. The summed E-state index contributed by atoms with van der Waals surface area (Å²) in [6.45, 7) is 11.8. The van der Waals surface area contributed by atoms with Crippen molar-refractivity contribution in [2.45, 2.75) is 58.3 Å². The first-order valence-corrected chi connectivity index (χ1v) is 13.7. The van der Waals surface area contributed by atoms with Crippen LogP contribution in [-0.2, 0) is 19.6 Å². The van der Waals surface area contributed by atoms with E-state index in [0.29, 0.717) is 11.1 Å². The zero-order valence-electron chi connectivity index (χ0n) is 21.9. The van der Waals surface area contributed by atoms with Crippen molar-refractivity contribution in [2.24, 2.45) is 0 Å². The summed E-state index contributed by atoms with van der Waals surface area (Å²) in [4.78, 5) is 27.2. The number of rotatable bonds is 7. The van der Waals surface area contributed by atoms with Gasteiger partial charge in [-0.3, -0.25) is 4.79 Å². The second-order valence-corrected chi connectivity index (χ2v) is 11.9. The van der Waals surface area contributed by atoms with Gasteiger partial charge in [-0.25, -0.2) is 13.2 Å². The Balaban J connectivity index is 1.63. The number of hydrogen-bond acceptors (Lipinski definition) is 6. The summed E-state index contributed by atoms with van der Waals surface area (Å²) < 4.78 is 32.8. The number of amides is 1. The number of carbonyl (C=O) groups excluding carboxylic acids is 2. The van der Waals surface area contributed by atoms with Crippen LogP contribution in [0.15, 0.2) is 35.2 Å². The summed E-state index contributed by atoms with van der Waals surface area (Å²) >= 11 is 0. The first-order chi connectivity index (χ1) is 16.8. The fraction of sp³-hybridized carbons (Fsp3) is 0.481. The predicted octanol–water partition coefficient (Wildman–Crippen LogP) is 3.95. The third kappa shape index (κ3) is 5.90. The number of phenols is 1. The van der Waals surface area contributed by atoms with E-state index in [9.17, 15) is 23.1 Å². The Kier molecular flexibility index (Phi) is 8.46. The summed E-state index contributed by atoms with van der Waals surface area (Å²) in [5.41, 5.74) is 3.27. The number of aromatic hydroxyl groups is 1. The van der Waals surface area contributed by atoms with Crippen molar-refractivity contribution in [1.82, 2.24) is 9.21 Å². The lowest BCUT2D eigenvalue weighted by Crippen LogP contribution is -2.51. The molecule has 1 aliphatic heterocycles. The van der Waals surface area contributed by atoms with E-state index in [2.05, 4.69) is 0 Å². The van der Waals surface area contributed by atoms with Crippen LogP contribution in [0.3, 0.4) is 0 Å². The van der Waals surface area contributed by atoms with Crippen molar-refractivity contribution in [3.8, 4) is 5.75 Å². The number of hydrogen-bond donors (Lipinski definition) is 1. The zero-order valence-corrected chi connectivity index (χ0v) is 22.7. The molecule has 0 unspecified atom stereocenters. The van der Waals surface area contributed by atoms with Crippen LogP contribution in [0, 0.1) is 13.8 Å². The molecule has 1 saturated heterocycles. The number of piperazine rings is 1. The molecule has 1 amide bonds. The average molecular weight is 517 g/mol. The molecular formula is C27H36N2O6S. The largest absolute Gasteiger partial charge is 0.507 e. The van der Waals surface area contributed by atoms with E-state index in [4.69, 9.17) is 4.74 Å². The molecule has 1 heterocycles. The molecule has 1 N–H and O–H groups in total. The Morgan fingerprint density at radius 2 is 1.61 bits per heavy atom. The summed E-state index contributed by atoms with van der Waals surface area (Å²) in [7, 11) is -3.67. The summed E-state index contributed by atoms with van der Waals surface area (Å²) in [5, 5.41) is 10.6. The molecule has 3 rings (SSSR count). The zero-order chi connectivity index (χ0) is 26.8. The molecule has 0 spiro atoms. The maximum atomic E-state index is 13.1. The van der Waals surface area contributed by atoms with Gasteiger partial charge in [-0.05, 0) is 54.5 Å². The number of sulfonamides is 1. The van der Waals surface area contributed by atoms with E-state index in [1.54, 1.807) is 25.1 Å². The molecule has 8 nitrogen and oxygen atoms in total. The predicted molar refractivity (Wildman–Crippen MR) is 138 cm³/mol. The van der Waals surface area contributed by atoms with Gasteiger partial charge in [-0.2, -0.15) is 4.31 Å². The van der Waals surface area contributed by atoms with Gasteiger partial charge in [0.1, 0.15) is 11.3 Å². The van der Waals surface area contributed by atoms with Gasteiger partial charge in [0.05, 0.1) is 4.90 Å². The highest BCUT2D eigenvalue weighted by Gasteiger charge is 2.31. The second kappa shape index (κ2) is 11.0. The Morgan fingerprint density at radius 1 is 0.972 bits per heavy atom. The van der Waals surface area contributed by atoms with E-state index in [1.807, 2.05) is 46.8 Å². The smallest absolute Gasteiger partial charge is 0.342 e. The monoisotopic (exact) mass is 516 g/mol. The van der Waals surface area contributed by atoms with Crippen molar-refractivity contribution in [2.75, 3.05) is 32.8 Å². The second-order valence-electron chi connectivity index (χ2n) is 9.95. The molecule has 2 aromatic rings. The lowest BCUT2D eigenvalue weighted by atomic mass is 9.92. The standard InChI is InChI=1S/C27H36N2O6S/c1-17(2)21-14-22(18(3)4)26(31)23(15-21)27(32)35-16-25(30)28-9-11-29(12-10-28)36(33,34)24-8-7-19(5)13-20(24)6/h7-8,13-15,17-18,31H,9-12,16H2,1-6H3. The normalized spacial score (nSPS) is 14.9. The minimum absolute atomic E-state index is 0.00755. The Hall–Kier alpha value is -2.91. The number of nitrogens with zero attached hydrogens (tertiary/aromatic N) is 2. The van der Waals surface area contributed by atoms with E-state index in [1.165, 1.54) is 9.21 Å². The highest BCUT2D eigenvalue weighted by molar-refractivity contribution is 7.89. The van der Waals surface area contributed by atoms with Crippen molar-refractivity contribution in [3.63, 3.8) is 0 Å². The van der Waals surface area contributed by atoms with Crippen LogP contribution in [0.1, 0.15) is 72.1 Å². The molecule has 0 bridgehead atoms. The van der Waals surface area contributed by atoms with E-state index in [0.717, 1.165) is 11.1 Å². The molecule has 9 heteroatoms. The van der Waals surface area contributed by atoms with Crippen molar-refractivity contribution < 1.29 is 27.9 Å². The Bertz CT molecular complexity index is 1250. The Morgan fingerprint density at radius 3 is 2.17 bits per heavy atom. The lowest BCUT2D eigenvalue weighted by Gasteiger charge is -2.34. The van der Waals surface area contributed by atoms with Crippen molar-refractivity contribution >= 4 is 21.9 Å². The van der Waals surface area contributed by atoms with E-state index in [-0.39, 0.29) is 54.2 Å². The molecule has 0 atom stereocenters. The first-order valence-electron chi connectivity index (χ1n) is 12.2. The highest BCUT2D eigenvalue weighted by atomic mass is 32.2. The van der Waals surface area contributed by atoms with Gasteiger partial charge in [0.25, 0.3) is 5.91 Å². The van der Waals surface area contributed by atoms with Gasteiger partial charge in [0.2, 0.25) is 10.0 Å². The topological polar surface area (TPSA) is 104 Å². The van der Waals surface area contributed by atoms with E-state index >= 15 is 0 Å². The van der Waals surface area contributed by atoms with Crippen LogP contribution in [0.4, 0.5) is 0 Å². The van der Waals surface area contributed by atoms with Gasteiger partial charge >= 0.3 is 5.97 Å². The van der Waals surface area contributed by atoms with Crippen LogP contribution in [-0.4, -0.2) is 67.4 Å². The Labute approximate surface area is 213 Å². The van der Waals surface area contributed by atoms with Gasteiger partial charge in [-0.15, -0.1) is 0 Å². The first kappa shape index (κ1) is 27.7. The molecule has 0 saturated carbocycles. The summed E-state index contributed by atoms with van der Waals surface area (Å²) in [6, 6.07) is 8.71. The maximum Gasteiger partial charge on any atom is 0.342 e. The quantitative estimate of drug-likeness (QED) is 0.559. The number of benzene rings is 2. The number of phenolic OH excluding ortho intramolecular Hbond substituents is 1. The SMILES string of the molecule is Cc1ccc(S(=O)(=O)N2CCN(C(=O)COC(=O)c3cc(C(C)C)cc(C(C)C)c3O)CC2)c(C)c1. The van der Waals surface area contributed by atoms with Crippen molar-refractivity contribution in [1.29, 1.82) is 0 Å². The number of aryl methyl sites for hydroxylation is 2. The number of carbonyl (C=O) groups is 2. The van der Waals surface area contributed by atoms with Crippen molar-refractivity contribution in [3.05, 3.63) is 58.1 Å². The molecule has 2 aromatic carbocycles. The number of esters is 1. The molecular weight excluding hydrogens is 480 g/mol. The molecule has 0 aliphatic carbocycles. The lowest BCUT2D eigenvalue weighted by molar-refractivity contribution is -0.135. The third-order valence-corrected chi connectivity index (χ3v) is 8.60. The molecule has 0 radical (unpaired) electrons. The van der Waals surface area contributed by atoms with Gasteiger partial charge < -0.3 is 14.7 Å². The van der Waals surface area contributed by atoms with Crippen LogP contribution in [0.2, 0.25) is 0 Å². The van der Waals surface area contributed by atoms with Gasteiger partial charge in [-0.1, -0.05) is 51.5 Å². The fourth-order valence-electron chi connectivity index (χ4n) is 4.31. The fourth-order valence-corrected chi connectivity index (χ4v) is 5.94. The molecule has 1 aliphatic rings. The third-order valence-electron chi connectivity index (χ3n) is 6.54.